The summed E-state index contributed by atoms with van der Waals surface area (Å²) in [6.45, 7) is 13.3. The third-order valence-electron chi connectivity index (χ3n) is 14.3. The van der Waals surface area contributed by atoms with Gasteiger partial charge in [-0.25, -0.2) is 0 Å². The summed E-state index contributed by atoms with van der Waals surface area (Å²) >= 11 is 0. The number of hydrogen-bond donors (Lipinski definition) is 4. The Labute approximate surface area is 216 Å². The number of rotatable bonds is 0. The molecule has 0 radical (unpaired) electrons. The molecule has 2 saturated heterocycles. The zero-order valence-corrected chi connectivity index (χ0v) is 23.1. The van der Waals surface area contributed by atoms with Crippen molar-refractivity contribution in [2.45, 2.75) is 129 Å². The Morgan fingerprint density at radius 2 is 1.50 bits per heavy atom. The van der Waals surface area contributed by atoms with E-state index in [1.807, 2.05) is 0 Å². The van der Waals surface area contributed by atoms with Gasteiger partial charge in [0.1, 0.15) is 11.7 Å². The second-order valence-electron chi connectivity index (χ2n) is 15.9. The third-order valence-corrected chi connectivity index (χ3v) is 14.3. The van der Waals surface area contributed by atoms with Crippen LogP contribution in [0.1, 0.15) is 92.9 Å². The summed E-state index contributed by atoms with van der Waals surface area (Å²) < 4.78 is 12.8. The lowest BCUT2D eigenvalue weighted by molar-refractivity contribution is -0.315. The highest BCUT2D eigenvalue weighted by molar-refractivity contribution is 5.33. The Hall–Kier alpha value is -0.240. The predicted octanol–water partition coefficient (Wildman–Crippen LogP) is 3.63. The Kier molecular flexibility index (Phi) is 4.63. The summed E-state index contributed by atoms with van der Waals surface area (Å²) in [7, 11) is 0. The van der Waals surface area contributed by atoms with Gasteiger partial charge in [-0.2, -0.15) is 0 Å². The minimum Gasteiger partial charge on any atom is -0.393 e. The highest BCUT2D eigenvalue weighted by Crippen LogP contribution is 2.89. The van der Waals surface area contributed by atoms with Crippen molar-refractivity contribution in [2.75, 3.05) is 6.61 Å². The lowest BCUT2D eigenvalue weighted by Crippen LogP contribution is -2.63. The molecule has 6 heteroatoms. The van der Waals surface area contributed by atoms with Crippen molar-refractivity contribution in [2.24, 2.45) is 50.7 Å². The van der Waals surface area contributed by atoms with E-state index in [0.717, 1.165) is 32.1 Å². The molecule has 2 heterocycles. The van der Waals surface area contributed by atoms with Crippen LogP contribution in [-0.2, 0) is 9.47 Å². The Bertz CT molecular complexity index is 980. The van der Waals surface area contributed by atoms with Gasteiger partial charge in [0.25, 0.3) is 0 Å². The minimum absolute atomic E-state index is 0.0689. The van der Waals surface area contributed by atoms with E-state index in [9.17, 15) is 20.4 Å². The summed E-state index contributed by atoms with van der Waals surface area (Å²) in [5, 5.41) is 44.8. The van der Waals surface area contributed by atoms with Crippen LogP contribution >= 0.6 is 0 Å². The van der Waals surface area contributed by atoms with E-state index in [1.54, 1.807) is 6.92 Å². The van der Waals surface area contributed by atoms with E-state index in [0.29, 0.717) is 18.3 Å². The van der Waals surface area contributed by atoms with Crippen LogP contribution < -0.4 is 0 Å². The van der Waals surface area contributed by atoms with E-state index < -0.39 is 17.5 Å². The Balaban J connectivity index is 1.27. The second kappa shape index (κ2) is 6.72. The van der Waals surface area contributed by atoms with Crippen molar-refractivity contribution in [3.05, 3.63) is 0 Å². The van der Waals surface area contributed by atoms with Gasteiger partial charge < -0.3 is 29.9 Å². The summed E-state index contributed by atoms with van der Waals surface area (Å²) in [6.07, 6.45) is 5.99. The van der Waals surface area contributed by atoms with Gasteiger partial charge in [-0.15, -0.1) is 0 Å². The van der Waals surface area contributed by atoms with Gasteiger partial charge in [-0.1, -0.05) is 34.6 Å². The molecule has 6 nitrogen and oxygen atoms in total. The molecule has 5 saturated carbocycles. The van der Waals surface area contributed by atoms with Gasteiger partial charge in [0, 0.05) is 11.8 Å². The summed E-state index contributed by atoms with van der Waals surface area (Å²) in [6, 6.07) is 0. The normalized spacial score (nSPS) is 66.8. The number of aliphatic hydroxyl groups is 4. The lowest BCUT2D eigenvalue weighted by atomic mass is 9.41. The lowest BCUT2D eigenvalue weighted by Gasteiger charge is -2.64. The number of fused-ring (bicyclic) bond motifs is 4. The van der Waals surface area contributed by atoms with Crippen LogP contribution in [0.25, 0.3) is 0 Å². The summed E-state index contributed by atoms with van der Waals surface area (Å²) in [5.41, 5.74) is -1.29. The van der Waals surface area contributed by atoms with E-state index in [-0.39, 0.29) is 63.8 Å². The first-order valence-electron chi connectivity index (χ1n) is 14.7. The quantitative estimate of drug-likeness (QED) is 0.402. The van der Waals surface area contributed by atoms with Crippen LogP contribution in [-0.4, -0.2) is 62.8 Å². The van der Waals surface area contributed by atoms with Crippen molar-refractivity contribution >= 4 is 0 Å². The summed E-state index contributed by atoms with van der Waals surface area (Å²) in [4.78, 5) is 0. The molecule has 7 rings (SSSR count). The molecular formula is C30H48O6. The molecule has 0 aromatic carbocycles. The van der Waals surface area contributed by atoms with E-state index in [4.69, 9.17) is 9.47 Å². The molecule has 0 bridgehead atoms. The number of aliphatic hydroxyl groups excluding tert-OH is 3. The molecule has 0 aromatic rings. The predicted molar refractivity (Wildman–Crippen MR) is 134 cm³/mol. The smallest absolute Gasteiger partial charge is 0.198 e. The molecule has 36 heavy (non-hydrogen) atoms. The molecule has 0 amide bonds. The van der Waals surface area contributed by atoms with Crippen LogP contribution in [0.5, 0.6) is 0 Å². The maximum absolute atomic E-state index is 12.1. The van der Waals surface area contributed by atoms with E-state index >= 15 is 0 Å². The fourth-order valence-corrected chi connectivity index (χ4v) is 12.6. The molecule has 5 aliphatic carbocycles. The maximum atomic E-state index is 12.1. The largest absolute Gasteiger partial charge is 0.393 e. The van der Waals surface area contributed by atoms with Crippen molar-refractivity contribution in [1.29, 1.82) is 0 Å². The fraction of sp³-hybridized carbons (Fsp3) is 1.00. The number of ether oxygens (including phenoxy) is 2. The standard InChI is InChI=1S/C30H48O6/c1-16-11-30(23(33)26(5,34)15-35-30)36-17-12-25(4)19-8-7-18-24(2,3)20(31)9-10-28(18)14-29(19,28)13-21(32)27(25,6)22(16)17/h16-23,31-34H,7-15H2,1-6H3/t16-,17?,18+,19+,20+,21-,22+,23-,25+,26+,27-,28-,29+,30+/m1/s1. The molecule has 0 aromatic heterocycles. The highest BCUT2D eigenvalue weighted by Gasteiger charge is 2.85. The SMILES string of the molecule is C[C@@H]1C[C@]2(OC[C@](C)(O)[C@H]2O)OC2C[C@@]3(C)[C@@H]4CC[C@H]5C(C)(C)[C@@H](O)CC[C@@]56C[C@@]46C[C@@H](O)[C@]3(C)[C@H]21. The van der Waals surface area contributed by atoms with Crippen molar-refractivity contribution < 1.29 is 29.9 Å². The van der Waals surface area contributed by atoms with Gasteiger partial charge in [-0.3, -0.25) is 0 Å². The van der Waals surface area contributed by atoms with Crippen LogP contribution in [0.4, 0.5) is 0 Å². The van der Waals surface area contributed by atoms with E-state index in [1.165, 1.54) is 12.8 Å². The van der Waals surface area contributed by atoms with E-state index in [2.05, 4.69) is 34.6 Å². The Morgan fingerprint density at radius 1 is 0.806 bits per heavy atom. The van der Waals surface area contributed by atoms with Gasteiger partial charge in [0.2, 0.25) is 0 Å². The molecule has 204 valence electrons. The molecule has 1 unspecified atom stereocenters. The average molecular weight is 505 g/mol. The first-order valence-corrected chi connectivity index (χ1v) is 14.7. The molecule has 14 atom stereocenters. The van der Waals surface area contributed by atoms with Crippen LogP contribution in [0.3, 0.4) is 0 Å². The molecular weight excluding hydrogens is 456 g/mol. The van der Waals surface area contributed by atoms with Crippen LogP contribution in [0, 0.1) is 50.7 Å². The third kappa shape index (κ3) is 2.44. The van der Waals surface area contributed by atoms with Gasteiger partial charge in [0.15, 0.2) is 5.79 Å². The van der Waals surface area contributed by atoms with Gasteiger partial charge >= 0.3 is 0 Å². The zero-order chi connectivity index (χ0) is 25.9. The van der Waals surface area contributed by atoms with Crippen LogP contribution in [0.15, 0.2) is 0 Å². The highest BCUT2D eigenvalue weighted by atomic mass is 16.7. The fourth-order valence-electron chi connectivity index (χ4n) is 12.6. The van der Waals surface area contributed by atoms with Crippen LogP contribution in [0.2, 0.25) is 0 Å². The number of hydrogen-bond acceptors (Lipinski definition) is 6. The monoisotopic (exact) mass is 504 g/mol. The molecule has 7 aliphatic rings. The van der Waals surface area contributed by atoms with Crippen molar-refractivity contribution in [1.82, 2.24) is 0 Å². The Morgan fingerprint density at radius 3 is 2.17 bits per heavy atom. The first-order chi connectivity index (χ1) is 16.6. The summed E-state index contributed by atoms with van der Waals surface area (Å²) in [5.74, 6) is 0.302. The zero-order valence-electron chi connectivity index (χ0n) is 23.1. The minimum atomic E-state index is -1.31. The molecule has 7 fully saturated rings. The molecule has 2 aliphatic heterocycles. The first kappa shape index (κ1) is 24.8. The molecule has 4 N–H and O–H groups in total. The van der Waals surface area contributed by atoms with Crippen molar-refractivity contribution in [3.63, 3.8) is 0 Å². The van der Waals surface area contributed by atoms with Gasteiger partial charge in [-0.05, 0) is 97.2 Å². The van der Waals surface area contributed by atoms with Gasteiger partial charge in [0.05, 0.1) is 24.9 Å². The second-order valence-corrected chi connectivity index (χ2v) is 15.9. The topological polar surface area (TPSA) is 99.4 Å². The maximum Gasteiger partial charge on any atom is 0.198 e. The molecule has 3 spiro atoms. The average Bonchev–Trinajstić information content (AvgIpc) is 3.30. The van der Waals surface area contributed by atoms with Crippen molar-refractivity contribution in [3.8, 4) is 0 Å².